The molecule has 0 aliphatic carbocycles. The summed E-state index contributed by atoms with van der Waals surface area (Å²) in [6.07, 6.45) is 6.33. The molecule has 0 N–H and O–H groups in total. The number of benzene rings is 2. The lowest BCUT2D eigenvalue weighted by Crippen LogP contribution is -2.27. The minimum absolute atomic E-state index is 0.233. The maximum Gasteiger partial charge on any atom is 0.270 e. The average molecular weight is 337 g/mol. The molecule has 0 unspecified atom stereocenters. The van der Waals surface area contributed by atoms with E-state index in [0.717, 1.165) is 11.1 Å². The standard InChI is InChI=1S/C20H19NO2S/c1-3-4-8-16-21(17-15-19-9-6-5-7-10-19)24(22,23)20-13-11-18(2)12-14-20/h1,5-7,9-14H,4,8,16H2,2H3. The molecule has 0 radical (unpaired) electrons. The van der Waals surface area contributed by atoms with Gasteiger partial charge in [0.1, 0.15) is 0 Å². The fourth-order valence-electron chi connectivity index (χ4n) is 2.05. The number of rotatable bonds is 5. The maximum absolute atomic E-state index is 12.8. The third-order valence-electron chi connectivity index (χ3n) is 3.39. The molecule has 0 saturated heterocycles. The van der Waals surface area contributed by atoms with Gasteiger partial charge in [-0.3, -0.25) is 0 Å². The van der Waals surface area contributed by atoms with Crippen molar-refractivity contribution in [3.05, 3.63) is 65.7 Å². The van der Waals surface area contributed by atoms with Gasteiger partial charge in [-0.15, -0.1) is 12.3 Å². The van der Waals surface area contributed by atoms with Crippen LogP contribution in [0.2, 0.25) is 0 Å². The monoisotopic (exact) mass is 337 g/mol. The van der Waals surface area contributed by atoms with E-state index in [1.165, 1.54) is 4.31 Å². The molecule has 0 amide bonds. The van der Waals surface area contributed by atoms with Crippen LogP contribution in [0.5, 0.6) is 0 Å². The fraction of sp³-hybridized carbons (Fsp3) is 0.200. The molecule has 0 atom stereocenters. The van der Waals surface area contributed by atoms with E-state index in [9.17, 15) is 8.42 Å². The highest BCUT2D eigenvalue weighted by Crippen LogP contribution is 2.16. The number of aryl methyl sites for hydroxylation is 1. The first-order valence-electron chi connectivity index (χ1n) is 7.63. The average Bonchev–Trinajstić information content (AvgIpc) is 2.59. The zero-order valence-electron chi connectivity index (χ0n) is 13.6. The summed E-state index contributed by atoms with van der Waals surface area (Å²) < 4.78 is 26.8. The molecule has 0 heterocycles. The van der Waals surface area contributed by atoms with Crippen LogP contribution >= 0.6 is 0 Å². The molecule has 0 aromatic heterocycles. The Kier molecular flexibility index (Phi) is 6.07. The molecule has 4 heteroatoms. The van der Waals surface area contributed by atoms with E-state index in [1.807, 2.05) is 37.3 Å². The molecule has 122 valence electrons. The SMILES string of the molecule is C#CCCCN(C#Cc1ccccc1)S(=O)(=O)c1ccc(C)cc1. The third kappa shape index (κ3) is 4.65. The lowest BCUT2D eigenvalue weighted by Gasteiger charge is -2.17. The van der Waals surface area contributed by atoms with Crippen LogP contribution in [-0.2, 0) is 10.0 Å². The van der Waals surface area contributed by atoms with Gasteiger partial charge < -0.3 is 0 Å². The number of hydrogen-bond acceptors (Lipinski definition) is 2. The Balaban J connectivity index is 2.33. The zero-order chi connectivity index (χ0) is 17.4. The van der Waals surface area contributed by atoms with Gasteiger partial charge in [0.05, 0.1) is 4.90 Å². The lowest BCUT2D eigenvalue weighted by molar-refractivity contribution is 0.504. The van der Waals surface area contributed by atoms with E-state index in [1.54, 1.807) is 24.3 Å². The first kappa shape index (κ1) is 17.7. The zero-order valence-corrected chi connectivity index (χ0v) is 14.4. The first-order valence-corrected chi connectivity index (χ1v) is 9.07. The van der Waals surface area contributed by atoms with E-state index in [-0.39, 0.29) is 11.4 Å². The third-order valence-corrected chi connectivity index (χ3v) is 5.11. The highest BCUT2D eigenvalue weighted by molar-refractivity contribution is 7.89. The van der Waals surface area contributed by atoms with Crippen molar-refractivity contribution in [2.24, 2.45) is 0 Å². The number of hydrogen-bond donors (Lipinski definition) is 0. The Morgan fingerprint density at radius 3 is 2.33 bits per heavy atom. The molecule has 0 fully saturated rings. The Hall–Kier alpha value is -2.69. The lowest BCUT2D eigenvalue weighted by atomic mass is 10.2. The van der Waals surface area contributed by atoms with Gasteiger partial charge in [-0.2, -0.15) is 0 Å². The summed E-state index contributed by atoms with van der Waals surface area (Å²) in [6.45, 7) is 2.18. The van der Waals surface area contributed by atoms with Crippen LogP contribution in [0, 0.1) is 31.2 Å². The molecule has 24 heavy (non-hydrogen) atoms. The highest BCUT2D eigenvalue weighted by atomic mass is 32.2. The van der Waals surface area contributed by atoms with Crippen LogP contribution in [0.3, 0.4) is 0 Å². The molecule has 0 spiro atoms. The van der Waals surface area contributed by atoms with Gasteiger partial charge in [0, 0.05) is 24.6 Å². The van der Waals surface area contributed by atoms with Crippen LogP contribution in [-0.4, -0.2) is 19.3 Å². The molecule has 2 aromatic rings. The smallest absolute Gasteiger partial charge is 0.224 e. The Labute approximate surface area is 144 Å². The predicted octanol–water partition coefficient (Wildman–Crippen LogP) is 3.41. The predicted molar refractivity (Wildman–Crippen MR) is 96.5 cm³/mol. The summed E-state index contributed by atoms with van der Waals surface area (Å²) in [4.78, 5) is 0.233. The number of unbranched alkanes of at least 4 members (excludes halogenated alkanes) is 1. The van der Waals surface area contributed by atoms with Crippen molar-refractivity contribution in [1.82, 2.24) is 4.31 Å². The van der Waals surface area contributed by atoms with Crippen LogP contribution in [0.1, 0.15) is 24.0 Å². The van der Waals surface area contributed by atoms with Gasteiger partial charge in [0.25, 0.3) is 10.0 Å². The van der Waals surface area contributed by atoms with Gasteiger partial charge in [-0.1, -0.05) is 35.9 Å². The topological polar surface area (TPSA) is 37.4 Å². The highest BCUT2D eigenvalue weighted by Gasteiger charge is 2.21. The van der Waals surface area contributed by atoms with Crippen molar-refractivity contribution in [2.75, 3.05) is 6.54 Å². The van der Waals surface area contributed by atoms with Gasteiger partial charge >= 0.3 is 0 Å². The Bertz CT molecular complexity index is 867. The molecular formula is C20H19NO2S. The van der Waals surface area contributed by atoms with Crippen molar-refractivity contribution in [2.45, 2.75) is 24.7 Å². The quantitative estimate of drug-likeness (QED) is 0.476. The van der Waals surface area contributed by atoms with Crippen LogP contribution in [0.4, 0.5) is 0 Å². The van der Waals surface area contributed by atoms with E-state index < -0.39 is 10.0 Å². The van der Waals surface area contributed by atoms with Crippen molar-refractivity contribution in [3.63, 3.8) is 0 Å². The van der Waals surface area contributed by atoms with E-state index in [0.29, 0.717) is 12.8 Å². The molecule has 0 saturated carbocycles. The number of sulfonamides is 1. The fourth-order valence-corrected chi connectivity index (χ4v) is 3.32. The van der Waals surface area contributed by atoms with Crippen molar-refractivity contribution in [1.29, 1.82) is 0 Å². The first-order chi connectivity index (χ1) is 11.5. The molecular weight excluding hydrogens is 318 g/mol. The number of nitrogens with zero attached hydrogens (tertiary/aromatic N) is 1. The van der Waals surface area contributed by atoms with Gasteiger partial charge in [-0.25, -0.2) is 12.7 Å². The maximum atomic E-state index is 12.8. The second-order valence-electron chi connectivity index (χ2n) is 5.30. The van der Waals surface area contributed by atoms with E-state index in [2.05, 4.69) is 17.9 Å². The minimum atomic E-state index is -3.68. The second-order valence-corrected chi connectivity index (χ2v) is 7.16. The van der Waals surface area contributed by atoms with Crippen LogP contribution in [0.15, 0.2) is 59.5 Å². The molecule has 2 aromatic carbocycles. The molecule has 2 rings (SSSR count). The molecule has 0 aliphatic heterocycles. The van der Waals surface area contributed by atoms with Crippen molar-refractivity contribution < 1.29 is 8.42 Å². The molecule has 0 aliphatic rings. The molecule has 3 nitrogen and oxygen atoms in total. The van der Waals surface area contributed by atoms with E-state index >= 15 is 0 Å². The Morgan fingerprint density at radius 2 is 1.71 bits per heavy atom. The second kappa shape index (κ2) is 8.24. The van der Waals surface area contributed by atoms with Crippen molar-refractivity contribution >= 4 is 10.0 Å². The van der Waals surface area contributed by atoms with Crippen molar-refractivity contribution in [3.8, 4) is 24.3 Å². The van der Waals surface area contributed by atoms with Crippen LogP contribution in [0.25, 0.3) is 0 Å². The normalized spacial score (nSPS) is 10.3. The van der Waals surface area contributed by atoms with Gasteiger partial charge in [-0.05, 0) is 43.5 Å². The van der Waals surface area contributed by atoms with E-state index in [4.69, 9.17) is 6.42 Å². The Morgan fingerprint density at radius 1 is 1.04 bits per heavy atom. The number of terminal acetylenes is 1. The minimum Gasteiger partial charge on any atom is -0.224 e. The summed E-state index contributed by atoms with van der Waals surface area (Å²) in [5, 5.41) is 0. The summed E-state index contributed by atoms with van der Waals surface area (Å²) in [6, 6.07) is 18.8. The summed E-state index contributed by atoms with van der Waals surface area (Å²) in [5.74, 6) is 5.43. The summed E-state index contributed by atoms with van der Waals surface area (Å²) in [7, 11) is -3.68. The summed E-state index contributed by atoms with van der Waals surface area (Å²) in [5.41, 5.74) is 1.77. The summed E-state index contributed by atoms with van der Waals surface area (Å²) >= 11 is 0. The molecule has 0 bridgehead atoms. The van der Waals surface area contributed by atoms with Gasteiger partial charge in [0.15, 0.2) is 0 Å². The van der Waals surface area contributed by atoms with Gasteiger partial charge in [0.2, 0.25) is 0 Å². The van der Waals surface area contributed by atoms with Crippen LogP contribution < -0.4 is 0 Å². The largest absolute Gasteiger partial charge is 0.270 e.